The number of hydrogen-bond donors (Lipinski definition) is 0. The number of amides is 1. The first-order valence-electron chi connectivity index (χ1n) is 9.97. The number of aryl methyl sites for hydroxylation is 4. The number of anilines is 1. The van der Waals surface area contributed by atoms with Gasteiger partial charge in [0, 0.05) is 24.2 Å². The summed E-state index contributed by atoms with van der Waals surface area (Å²) in [5, 5.41) is 0. The third-order valence-electron chi connectivity index (χ3n) is 5.60. The van der Waals surface area contributed by atoms with Gasteiger partial charge in [-0.05, 0) is 67.6 Å². The fraction of sp³-hybridized carbons (Fsp3) is 0.375. The zero-order chi connectivity index (χ0) is 21.1. The van der Waals surface area contributed by atoms with Crippen LogP contribution in [0.4, 0.5) is 5.69 Å². The Morgan fingerprint density at radius 2 is 1.69 bits per heavy atom. The molecule has 152 valence electrons. The molecule has 0 radical (unpaired) electrons. The molecule has 1 amide bonds. The van der Waals surface area contributed by atoms with E-state index in [4.69, 9.17) is 4.74 Å². The molecule has 0 spiro atoms. The molecule has 0 aromatic heterocycles. The minimum Gasteiger partial charge on any atom is -0.457 e. The number of ketones is 1. The lowest BCUT2D eigenvalue weighted by atomic mass is 9.98. The van der Waals surface area contributed by atoms with Crippen LogP contribution in [-0.2, 0) is 20.7 Å². The SMILES string of the molecule is CCc1ccc(N2C[C@@H](C(=O)OCC(=O)c3cc(C)c(C)cc3C)CC2=O)cc1. The number of carbonyl (C=O) groups is 3. The number of Topliss-reactive ketones (excluding diaryl/α,β-unsaturated/α-hetero) is 1. The number of hydrogen-bond acceptors (Lipinski definition) is 4. The van der Waals surface area contributed by atoms with Crippen molar-refractivity contribution in [2.75, 3.05) is 18.1 Å². The van der Waals surface area contributed by atoms with E-state index < -0.39 is 11.9 Å². The van der Waals surface area contributed by atoms with E-state index in [0.717, 1.165) is 28.8 Å². The Labute approximate surface area is 171 Å². The van der Waals surface area contributed by atoms with Crippen molar-refractivity contribution < 1.29 is 19.1 Å². The van der Waals surface area contributed by atoms with Gasteiger partial charge in [0.05, 0.1) is 5.92 Å². The molecule has 0 N–H and O–H groups in total. The molecule has 5 heteroatoms. The number of rotatable bonds is 6. The van der Waals surface area contributed by atoms with Gasteiger partial charge in [0.15, 0.2) is 6.61 Å². The number of esters is 1. The lowest BCUT2D eigenvalue weighted by Gasteiger charge is -2.17. The standard InChI is InChI=1S/C24H27NO4/c1-5-18-6-8-20(9-7-18)25-13-19(12-23(25)27)24(28)29-14-22(26)21-11-16(3)15(2)10-17(21)4/h6-11,19H,5,12-14H2,1-4H3/t19-/m0/s1. The van der Waals surface area contributed by atoms with Crippen LogP contribution in [-0.4, -0.2) is 30.8 Å². The van der Waals surface area contributed by atoms with Gasteiger partial charge >= 0.3 is 5.97 Å². The zero-order valence-corrected chi connectivity index (χ0v) is 17.5. The fourth-order valence-corrected chi connectivity index (χ4v) is 3.62. The number of benzene rings is 2. The Bertz CT molecular complexity index is 946. The van der Waals surface area contributed by atoms with Gasteiger partial charge in [-0.2, -0.15) is 0 Å². The predicted octanol–water partition coefficient (Wildman–Crippen LogP) is 3.95. The Hall–Kier alpha value is -2.95. The van der Waals surface area contributed by atoms with Gasteiger partial charge in [-0.3, -0.25) is 14.4 Å². The third-order valence-corrected chi connectivity index (χ3v) is 5.60. The summed E-state index contributed by atoms with van der Waals surface area (Å²) in [5.74, 6) is -1.38. The molecule has 1 fully saturated rings. The maximum absolute atomic E-state index is 12.5. The van der Waals surface area contributed by atoms with Crippen LogP contribution >= 0.6 is 0 Å². The van der Waals surface area contributed by atoms with Crippen LogP contribution in [0.15, 0.2) is 36.4 Å². The highest BCUT2D eigenvalue weighted by atomic mass is 16.5. The predicted molar refractivity (Wildman–Crippen MR) is 112 cm³/mol. The summed E-state index contributed by atoms with van der Waals surface area (Å²) in [5.41, 5.74) is 5.55. The smallest absolute Gasteiger partial charge is 0.311 e. The second-order valence-corrected chi connectivity index (χ2v) is 7.71. The largest absolute Gasteiger partial charge is 0.457 e. The second kappa shape index (κ2) is 8.60. The first-order chi connectivity index (χ1) is 13.8. The van der Waals surface area contributed by atoms with Gasteiger partial charge in [0.2, 0.25) is 11.7 Å². The Kier molecular flexibility index (Phi) is 6.16. The maximum Gasteiger partial charge on any atom is 0.311 e. The average Bonchev–Trinajstić information content (AvgIpc) is 3.10. The molecule has 29 heavy (non-hydrogen) atoms. The van der Waals surface area contributed by atoms with Gasteiger partial charge in [0.25, 0.3) is 0 Å². The monoisotopic (exact) mass is 393 g/mol. The highest BCUT2D eigenvalue weighted by Gasteiger charge is 2.36. The lowest BCUT2D eigenvalue weighted by molar-refractivity contribution is -0.147. The van der Waals surface area contributed by atoms with Crippen LogP contribution in [0.2, 0.25) is 0 Å². The highest BCUT2D eigenvalue weighted by Crippen LogP contribution is 2.26. The maximum atomic E-state index is 12.5. The first kappa shape index (κ1) is 20.8. The quantitative estimate of drug-likeness (QED) is 0.551. The highest BCUT2D eigenvalue weighted by molar-refractivity contribution is 6.01. The Morgan fingerprint density at radius 1 is 1.03 bits per heavy atom. The Morgan fingerprint density at radius 3 is 2.34 bits per heavy atom. The Balaban J connectivity index is 1.60. The molecular formula is C24H27NO4. The van der Waals surface area contributed by atoms with Crippen LogP contribution in [0.5, 0.6) is 0 Å². The molecule has 5 nitrogen and oxygen atoms in total. The summed E-state index contributed by atoms with van der Waals surface area (Å²) < 4.78 is 5.27. The number of ether oxygens (including phenoxy) is 1. The molecule has 2 aromatic rings. The number of carbonyl (C=O) groups excluding carboxylic acids is 3. The topological polar surface area (TPSA) is 63.7 Å². The molecule has 1 heterocycles. The molecule has 2 aromatic carbocycles. The molecule has 1 aliphatic rings. The van der Waals surface area contributed by atoms with E-state index >= 15 is 0 Å². The average molecular weight is 393 g/mol. The van der Waals surface area contributed by atoms with E-state index in [-0.39, 0.29) is 31.3 Å². The molecule has 0 aliphatic carbocycles. The van der Waals surface area contributed by atoms with Gasteiger partial charge in [-0.1, -0.05) is 25.1 Å². The van der Waals surface area contributed by atoms with Crippen molar-refractivity contribution in [2.45, 2.75) is 40.5 Å². The van der Waals surface area contributed by atoms with Crippen molar-refractivity contribution in [3.63, 3.8) is 0 Å². The molecule has 3 rings (SSSR count). The molecular weight excluding hydrogens is 366 g/mol. The van der Waals surface area contributed by atoms with Gasteiger partial charge < -0.3 is 9.64 Å². The zero-order valence-electron chi connectivity index (χ0n) is 17.5. The molecule has 1 saturated heterocycles. The lowest BCUT2D eigenvalue weighted by Crippen LogP contribution is -2.27. The van der Waals surface area contributed by atoms with Gasteiger partial charge in [-0.25, -0.2) is 0 Å². The molecule has 1 aliphatic heterocycles. The summed E-state index contributed by atoms with van der Waals surface area (Å²) in [6, 6.07) is 11.6. The van der Waals surface area contributed by atoms with Crippen molar-refractivity contribution in [3.8, 4) is 0 Å². The summed E-state index contributed by atoms with van der Waals surface area (Å²) in [7, 11) is 0. The minimum atomic E-state index is -0.554. The van der Waals surface area contributed by atoms with Crippen LogP contribution < -0.4 is 4.90 Å². The van der Waals surface area contributed by atoms with Gasteiger partial charge in [-0.15, -0.1) is 0 Å². The van der Waals surface area contributed by atoms with Crippen LogP contribution in [0, 0.1) is 26.7 Å². The summed E-state index contributed by atoms with van der Waals surface area (Å²) in [6.07, 6.45) is 1.03. The van der Waals surface area contributed by atoms with E-state index in [1.165, 1.54) is 5.56 Å². The van der Waals surface area contributed by atoms with Crippen LogP contribution in [0.25, 0.3) is 0 Å². The summed E-state index contributed by atoms with van der Waals surface area (Å²) >= 11 is 0. The molecule has 0 unspecified atom stereocenters. The first-order valence-corrected chi connectivity index (χ1v) is 9.97. The van der Waals surface area contributed by atoms with Crippen LogP contribution in [0.1, 0.15) is 46.0 Å². The summed E-state index contributed by atoms with van der Waals surface area (Å²) in [4.78, 5) is 38.9. The van der Waals surface area contributed by atoms with Crippen molar-refractivity contribution in [1.82, 2.24) is 0 Å². The van der Waals surface area contributed by atoms with Crippen molar-refractivity contribution in [2.24, 2.45) is 5.92 Å². The van der Waals surface area contributed by atoms with E-state index in [1.807, 2.05) is 57.2 Å². The molecule has 0 saturated carbocycles. The van der Waals surface area contributed by atoms with Crippen molar-refractivity contribution in [3.05, 3.63) is 64.2 Å². The third kappa shape index (κ3) is 4.56. The van der Waals surface area contributed by atoms with Crippen molar-refractivity contribution >= 4 is 23.3 Å². The van der Waals surface area contributed by atoms with E-state index in [1.54, 1.807) is 4.90 Å². The van der Waals surface area contributed by atoms with Crippen molar-refractivity contribution in [1.29, 1.82) is 0 Å². The normalized spacial score (nSPS) is 16.2. The fourth-order valence-electron chi connectivity index (χ4n) is 3.62. The molecule has 0 bridgehead atoms. The minimum absolute atomic E-state index is 0.102. The second-order valence-electron chi connectivity index (χ2n) is 7.71. The van der Waals surface area contributed by atoms with Crippen LogP contribution in [0.3, 0.4) is 0 Å². The summed E-state index contributed by atoms with van der Waals surface area (Å²) in [6.45, 7) is 7.86. The van der Waals surface area contributed by atoms with E-state index in [2.05, 4.69) is 6.92 Å². The van der Waals surface area contributed by atoms with Gasteiger partial charge in [0.1, 0.15) is 0 Å². The van der Waals surface area contributed by atoms with E-state index in [9.17, 15) is 14.4 Å². The molecule has 1 atom stereocenters. The van der Waals surface area contributed by atoms with E-state index in [0.29, 0.717) is 5.56 Å². The number of nitrogens with zero attached hydrogens (tertiary/aromatic N) is 1.